The molecule has 2 heteroatoms. The number of ether oxygens (including phenoxy) is 1. The first-order chi connectivity index (χ1) is 6.80. The Kier molecular flexibility index (Phi) is 3.87. The van der Waals surface area contributed by atoms with Crippen LogP contribution in [0.4, 0.5) is 5.69 Å². The number of terminal acetylenes is 1. The molecule has 1 atom stereocenters. The van der Waals surface area contributed by atoms with Crippen molar-refractivity contribution < 1.29 is 4.74 Å². The van der Waals surface area contributed by atoms with Gasteiger partial charge in [0.2, 0.25) is 0 Å². The highest BCUT2D eigenvalue weighted by atomic mass is 16.5. The summed E-state index contributed by atoms with van der Waals surface area (Å²) >= 11 is 0. The molecule has 1 N–H and O–H groups in total. The molecule has 0 fully saturated rings. The van der Waals surface area contributed by atoms with Crippen molar-refractivity contribution in [2.75, 3.05) is 12.4 Å². The lowest BCUT2D eigenvalue weighted by molar-refractivity contribution is 0.415. The van der Waals surface area contributed by atoms with E-state index < -0.39 is 0 Å². The summed E-state index contributed by atoms with van der Waals surface area (Å²) in [5, 5.41) is 3.24. The molecule has 0 bridgehead atoms. The van der Waals surface area contributed by atoms with Crippen LogP contribution in [-0.4, -0.2) is 13.2 Å². The number of anilines is 1. The van der Waals surface area contributed by atoms with Gasteiger partial charge in [0.15, 0.2) is 0 Å². The average molecular weight is 189 g/mol. The van der Waals surface area contributed by atoms with E-state index in [9.17, 15) is 0 Å². The van der Waals surface area contributed by atoms with Crippen LogP contribution in [0.15, 0.2) is 24.3 Å². The molecule has 0 heterocycles. The van der Waals surface area contributed by atoms with Crippen molar-refractivity contribution >= 4 is 5.69 Å². The van der Waals surface area contributed by atoms with E-state index in [1.807, 2.05) is 24.3 Å². The van der Waals surface area contributed by atoms with Crippen LogP contribution in [0.5, 0.6) is 5.75 Å². The first-order valence-corrected chi connectivity index (χ1v) is 4.67. The van der Waals surface area contributed by atoms with Gasteiger partial charge in [-0.3, -0.25) is 0 Å². The Morgan fingerprint density at radius 3 is 2.50 bits per heavy atom. The van der Waals surface area contributed by atoms with Crippen molar-refractivity contribution in [3.63, 3.8) is 0 Å². The summed E-state index contributed by atoms with van der Waals surface area (Å²) in [5.74, 6) is 3.54. The van der Waals surface area contributed by atoms with Crippen molar-refractivity contribution in [1.29, 1.82) is 0 Å². The van der Waals surface area contributed by atoms with Gasteiger partial charge in [-0.2, -0.15) is 0 Å². The predicted molar refractivity (Wildman–Crippen MR) is 59.5 cm³/mol. The van der Waals surface area contributed by atoms with Crippen LogP contribution in [0.25, 0.3) is 0 Å². The van der Waals surface area contributed by atoms with E-state index in [0.717, 1.165) is 17.9 Å². The lowest BCUT2D eigenvalue weighted by Gasteiger charge is -2.12. The van der Waals surface area contributed by atoms with E-state index in [-0.39, 0.29) is 6.04 Å². The molecule has 14 heavy (non-hydrogen) atoms. The molecule has 0 saturated heterocycles. The predicted octanol–water partition coefficient (Wildman–Crippen LogP) is 2.52. The molecule has 0 saturated carbocycles. The van der Waals surface area contributed by atoms with Gasteiger partial charge >= 0.3 is 0 Å². The highest BCUT2D eigenvalue weighted by Crippen LogP contribution is 2.15. The highest BCUT2D eigenvalue weighted by Gasteiger charge is 2.00. The smallest absolute Gasteiger partial charge is 0.119 e. The summed E-state index contributed by atoms with van der Waals surface area (Å²) in [5.41, 5.74) is 1.02. The number of rotatable bonds is 4. The van der Waals surface area contributed by atoms with Gasteiger partial charge in [-0.1, -0.05) is 12.8 Å². The van der Waals surface area contributed by atoms with Gasteiger partial charge in [-0.15, -0.1) is 6.42 Å². The third-order valence-electron chi connectivity index (χ3n) is 2.04. The van der Waals surface area contributed by atoms with Gasteiger partial charge in [0, 0.05) is 5.69 Å². The van der Waals surface area contributed by atoms with Crippen molar-refractivity contribution in [3.8, 4) is 18.1 Å². The van der Waals surface area contributed by atoms with Crippen LogP contribution in [0.1, 0.15) is 13.3 Å². The van der Waals surface area contributed by atoms with Crippen molar-refractivity contribution in [2.24, 2.45) is 0 Å². The first kappa shape index (κ1) is 10.5. The van der Waals surface area contributed by atoms with Crippen molar-refractivity contribution in [1.82, 2.24) is 0 Å². The van der Waals surface area contributed by atoms with E-state index in [2.05, 4.69) is 18.2 Å². The summed E-state index contributed by atoms with van der Waals surface area (Å²) in [6.07, 6.45) is 6.27. The number of nitrogens with one attached hydrogen (secondary N) is 1. The lowest BCUT2D eigenvalue weighted by atomic mass is 10.2. The second-order valence-electron chi connectivity index (χ2n) is 3.00. The Morgan fingerprint density at radius 2 is 2.07 bits per heavy atom. The molecule has 2 nitrogen and oxygen atoms in total. The fourth-order valence-corrected chi connectivity index (χ4v) is 1.15. The molecule has 1 rings (SSSR count). The monoisotopic (exact) mass is 189 g/mol. The molecule has 0 amide bonds. The standard InChI is InChI=1S/C12H15NO/c1-4-10(5-2)13-11-6-8-12(14-3)9-7-11/h1,6-10,13H,5H2,2-3H3. The van der Waals surface area contributed by atoms with Crippen LogP contribution in [0.3, 0.4) is 0 Å². The van der Waals surface area contributed by atoms with E-state index in [4.69, 9.17) is 11.2 Å². The molecule has 0 aliphatic rings. The summed E-state index contributed by atoms with van der Waals surface area (Å²) in [6.45, 7) is 2.06. The minimum absolute atomic E-state index is 0.100. The van der Waals surface area contributed by atoms with Crippen molar-refractivity contribution in [2.45, 2.75) is 19.4 Å². The number of hydrogen-bond acceptors (Lipinski definition) is 2. The summed E-state index contributed by atoms with van der Waals surface area (Å²) < 4.78 is 5.06. The summed E-state index contributed by atoms with van der Waals surface area (Å²) in [7, 11) is 1.65. The lowest BCUT2D eigenvalue weighted by Crippen LogP contribution is -2.15. The zero-order valence-corrected chi connectivity index (χ0v) is 8.58. The van der Waals surface area contributed by atoms with Gasteiger partial charge in [-0.05, 0) is 30.7 Å². The van der Waals surface area contributed by atoms with Crippen LogP contribution in [-0.2, 0) is 0 Å². The number of methoxy groups -OCH3 is 1. The van der Waals surface area contributed by atoms with E-state index in [1.54, 1.807) is 7.11 Å². The molecule has 1 aromatic carbocycles. The van der Waals surface area contributed by atoms with E-state index in [1.165, 1.54) is 0 Å². The summed E-state index contributed by atoms with van der Waals surface area (Å²) in [4.78, 5) is 0. The Morgan fingerprint density at radius 1 is 1.43 bits per heavy atom. The van der Waals surface area contributed by atoms with Gasteiger partial charge in [0.05, 0.1) is 13.2 Å². The quantitative estimate of drug-likeness (QED) is 0.735. The molecule has 0 aliphatic carbocycles. The van der Waals surface area contributed by atoms with Crippen LogP contribution >= 0.6 is 0 Å². The summed E-state index contributed by atoms with van der Waals surface area (Å²) in [6, 6.07) is 7.83. The topological polar surface area (TPSA) is 21.3 Å². The molecular weight excluding hydrogens is 174 g/mol. The molecular formula is C12H15NO. The number of benzene rings is 1. The van der Waals surface area contributed by atoms with Crippen LogP contribution in [0, 0.1) is 12.3 Å². The largest absolute Gasteiger partial charge is 0.497 e. The Bertz CT molecular complexity index is 310. The van der Waals surface area contributed by atoms with Gasteiger partial charge in [0.1, 0.15) is 5.75 Å². The zero-order valence-electron chi connectivity index (χ0n) is 8.58. The SMILES string of the molecule is C#CC(CC)Nc1ccc(OC)cc1. The van der Waals surface area contributed by atoms with Gasteiger partial charge in [-0.25, -0.2) is 0 Å². The van der Waals surface area contributed by atoms with Gasteiger partial charge < -0.3 is 10.1 Å². The molecule has 1 aromatic rings. The Hall–Kier alpha value is -1.62. The maximum Gasteiger partial charge on any atom is 0.119 e. The highest BCUT2D eigenvalue weighted by molar-refractivity contribution is 5.48. The van der Waals surface area contributed by atoms with Crippen molar-refractivity contribution in [3.05, 3.63) is 24.3 Å². The third-order valence-corrected chi connectivity index (χ3v) is 2.04. The molecule has 1 unspecified atom stereocenters. The average Bonchev–Trinajstić information content (AvgIpc) is 2.26. The van der Waals surface area contributed by atoms with E-state index in [0.29, 0.717) is 0 Å². The number of hydrogen-bond donors (Lipinski definition) is 1. The molecule has 0 aromatic heterocycles. The molecule has 0 aliphatic heterocycles. The fraction of sp³-hybridized carbons (Fsp3) is 0.333. The Balaban J connectivity index is 2.64. The minimum Gasteiger partial charge on any atom is -0.497 e. The Labute approximate surface area is 85.3 Å². The van der Waals surface area contributed by atoms with Gasteiger partial charge in [0.25, 0.3) is 0 Å². The normalized spacial score (nSPS) is 11.5. The molecule has 0 radical (unpaired) electrons. The second-order valence-corrected chi connectivity index (χ2v) is 3.00. The maximum absolute atomic E-state index is 5.35. The fourth-order valence-electron chi connectivity index (χ4n) is 1.15. The molecule has 74 valence electrons. The zero-order chi connectivity index (χ0) is 10.4. The first-order valence-electron chi connectivity index (χ1n) is 4.67. The molecule has 0 spiro atoms. The maximum atomic E-state index is 5.35. The van der Waals surface area contributed by atoms with Crippen LogP contribution < -0.4 is 10.1 Å². The van der Waals surface area contributed by atoms with Crippen LogP contribution in [0.2, 0.25) is 0 Å². The minimum atomic E-state index is 0.100. The second kappa shape index (κ2) is 5.18. The third kappa shape index (κ3) is 2.70. The van der Waals surface area contributed by atoms with E-state index >= 15 is 0 Å².